The van der Waals surface area contributed by atoms with Crippen molar-refractivity contribution in [3.8, 4) is 0 Å². The number of amides is 1. The van der Waals surface area contributed by atoms with Crippen molar-refractivity contribution in [3.05, 3.63) is 61.9 Å². The molecule has 0 aliphatic heterocycles. The van der Waals surface area contributed by atoms with Gasteiger partial charge in [-0.1, -0.05) is 29.3 Å². The highest BCUT2D eigenvalue weighted by Crippen LogP contribution is 2.23. The molecule has 0 aliphatic rings. The molecule has 8 heteroatoms. The van der Waals surface area contributed by atoms with Crippen molar-refractivity contribution >= 4 is 34.8 Å². The largest absolute Gasteiger partial charge is 0.340 e. The molecule has 0 saturated carbocycles. The zero-order chi connectivity index (χ0) is 16.4. The van der Waals surface area contributed by atoms with E-state index in [-0.39, 0.29) is 17.3 Å². The van der Waals surface area contributed by atoms with Crippen LogP contribution in [0.25, 0.3) is 0 Å². The Kier molecular flexibility index (Phi) is 4.73. The van der Waals surface area contributed by atoms with Gasteiger partial charge in [0.05, 0.1) is 21.2 Å². The molecule has 2 aromatic rings. The zero-order valence-corrected chi connectivity index (χ0v) is 13.4. The summed E-state index contributed by atoms with van der Waals surface area (Å²) in [4.78, 5) is 24.1. The number of rotatable bonds is 4. The van der Waals surface area contributed by atoms with Gasteiger partial charge in [-0.3, -0.25) is 14.9 Å². The molecular formula is C14H13Cl2N3O3. The molecule has 0 aliphatic carbocycles. The molecule has 0 unspecified atom stereocenters. The van der Waals surface area contributed by atoms with Crippen molar-refractivity contribution in [2.45, 2.75) is 6.54 Å². The average molecular weight is 342 g/mol. The molecule has 0 bridgehead atoms. The van der Waals surface area contributed by atoms with Crippen LogP contribution in [0.15, 0.2) is 30.5 Å². The second-order valence-corrected chi connectivity index (χ2v) is 5.68. The number of nitro groups is 1. The number of aromatic nitrogens is 1. The third-order valence-electron chi connectivity index (χ3n) is 3.17. The molecular weight excluding hydrogens is 329 g/mol. The third kappa shape index (κ3) is 3.40. The van der Waals surface area contributed by atoms with Crippen LogP contribution in [0, 0.1) is 10.1 Å². The number of halogens is 2. The Morgan fingerprint density at radius 1 is 1.32 bits per heavy atom. The highest BCUT2D eigenvalue weighted by Gasteiger charge is 2.20. The number of hydrogen-bond donors (Lipinski definition) is 0. The number of carbonyl (C=O) groups excluding carboxylic acids is 1. The Labute approximate surface area is 137 Å². The summed E-state index contributed by atoms with van der Waals surface area (Å²) in [5.74, 6) is -0.318. The van der Waals surface area contributed by atoms with Gasteiger partial charge in [0.25, 0.3) is 11.6 Å². The summed E-state index contributed by atoms with van der Waals surface area (Å²) < 4.78 is 1.44. The van der Waals surface area contributed by atoms with Crippen LogP contribution in [0.1, 0.15) is 16.1 Å². The van der Waals surface area contributed by atoms with E-state index in [1.54, 1.807) is 32.3 Å². The van der Waals surface area contributed by atoms with E-state index in [0.717, 1.165) is 5.56 Å². The quantitative estimate of drug-likeness (QED) is 0.631. The molecule has 2 rings (SSSR count). The first-order valence-corrected chi connectivity index (χ1v) is 7.05. The van der Waals surface area contributed by atoms with Crippen LogP contribution < -0.4 is 0 Å². The van der Waals surface area contributed by atoms with E-state index in [0.29, 0.717) is 16.6 Å². The van der Waals surface area contributed by atoms with Gasteiger partial charge in [0.2, 0.25) is 0 Å². The molecule has 0 radical (unpaired) electrons. The summed E-state index contributed by atoms with van der Waals surface area (Å²) >= 11 is 11.8. The number of hydrogen-bond acceptors (Lipinski definition) is 3. The molecule has 6 nitrogen and oxygen atoms in total. The third-order valence-corrected chi connectivity index (χ3v) is 3.91. The SMILES string of the molecule is CN(Cc1ccc(Cl)c(Cl)c1)C(=O)c1cc([N+](=O)[O-])cn1C. The second kappa shape index (κ2) is 6.37. The van der Waals surface area contributed by atoms with Crippen molar-refractivity contribution in [2.75, 3.05) is 7.05 Å². The predicted octanol–water partition coefficient (Wildman–Crippen LogP) is 3.51. The van der Waals surface area contributed by atoms with Crippen LogP contribution >= 0.6 is 23.2 Å². The first-order valence-electron chi connectivity index (χ1n) is 6.29. The zero-order valence-electron chi connectivity index (χ0n) is 11.9. The molecule has 1 amide bonds. The van der Waals surface area contributed by atoms with Gasteiger partial charge in [-0.15, -0.1) is 0 Å². The molecule has 0 saturated heterocycles. The van der Waals surface area contributed by atoms with Crippen LogP contribution in [-0.4, -0.2) is 27.3 Å². The Balaban J connectivity index is 2.18. The van der Waals surface area contributed by atoms with Crippen LogP contribution in [0.3, 0.4) is 0 Å². The summed E-state index contributed by atoms with van der Waals surface area (Å²) in [5, 5.41) is 11.6. The van der Waals surface area contributed by atoms with E-state index in [9.17, 15) is 14.9 Å². The smallest absolute Gasteiger partial charge is 0.287 e. The number of nitrogens with zero attached hydrogens (tertiary/aromatic N) is 3. The van der Waals surface area contributed by atoms with Crippen LogP contribution in [0.4, 0.5) is 5.69 Å². The van der Waals surface area contributed by atoms with Gasteiger partial charge < -0.3 is 9.47 Å². The van der Waals surface area contributed by atoms with Crippen molar-refractivity contribution in [2.24, 2.45) is 7.05 Å². The van der Waals surface area contributed by atoms with E-state index < -0.39 is 4.92 Å². The van der Waals surface area contributed by atoms with Gasteiger partial charge >= 0.3 is 0 Å². The lowest BCUT2D eigenvalue weighted by Gasteiger charge is -2.17. The van der Waals surface area contributed by atoms with E-state index >= 15 is 0 Å². The molecule has 0 atom stereocenters. The summed E-state index contributed by atoms with van der Waals surface area (Å²) in [6.45, 7) is 0.314. The topological polar surface area (TPSA) is 68.4 Å². The van der Waals surface area contributed by atoms with Crippen LogP contribution in [0.2, 0.25) is 10.0 Å². The minimum Gasteiger partial charge on any atom is -0.340 e. The van der Waals surface area contributed by atoms with E-state index in [2.05, 4.69) is 0 Å². The molecule has 1 heterocycles. The fourth-order valence-electron chi connectivity index (χ4n) is 2.04. The van der Waals surface area contributed by atoms with Gasteiger partial charge in [-0.05, 0) is 17.7 Å². The molecule has 1 aromatic carbocycles. The minimum atomic E-state index is -0.532. The van der Waals surface area contributed by atoms with Gasteiger partial charge in [-0.25, -0.2) is 0 Å². The Bertz CT molecular complexity index is 743. The maximum absolute atomic E-state index is 12.4. The fourth-order valence-corrected chi connectivity index (χ4v) is 2.36. The molecule has 0 fully saturated rings. The van der Waals surface area contributed by atoms with Gasteiger partial charge in [0.1, 0.15) is 5.69 Å². The summed E-state index contributed by atoms with van der Waals surface area (Å²) in [7, 11) is 3.21. The lowest BCUT2D eigenvalue weighted by Crippen LogP contribution is -2.27. The van der Waals surface area contributed by atoms with E-state index in [4.69, 9.17) is 23.2 Å². The molecule has 22 heavy (non-hydrogen) atoms. The van der Waals surface area contributed by atoms with E-state index in [1.165, 1.54) is 21.7 Å². The highest BCUT2D eigenvalue weighted by molar-refractivity contribution is 6.42. The standard InChI is InChI=1S/C14H13Cl2N3O3/c1-17-8-10(19(21)22)6-13(17)14(20)18(2)7-9-3-4-11(15)12(16)5-9/h3-6,8H,7H2,1-2H3. The van der Waals surface area contributed by atoms with E-state index in [1.807, 2.05) is 0 Å². The predicted molar refractivity (Wildman–Crippen MR) is 84.3 cm³/mol. The number of aryl methyl sites for hydroxylation is 1. The average Bonchev–Trinajstić information content (AvgIpc) is 2.84. The molecule has 116 valence electrons. The first-order chi connectivity index (χ1) is 10.3. The maximum Gasteiger partial charge on any atom is 0.287 e. The molecule has 0 N–H and O–H groups in total. The van der Waals surface area contributed by atoms with Crippen molar-refractivity contribution in [1.29, 1.82) is 0 Å². The second-order valence-electron chi connectivity index (χ2n) is 4.86. The van der Waals surface area contributed by atoms with Gasteiger partial charge in [0, 0.05) is 26.7 Å². The summed E-state index contributed by atoms with van der Waals surface area (Å²) in [6.07, 6.45) is 1.31. The number of benzene rings is 1. The van der Waals surface area contributed by atoms with Gasteiger partial charge in [0.15, 0.2) is 0 Å². The lowest BCUT2D eigenvalue weighted by molar-refractivity contribution is -0.384. The monoisotopic (exact) mass is 341 g/mol. The van der Waals surface area contributed by atoms with Crippen LogP contribution in [0.5, 0.6) is 0 Å². The van der Waals surface area contributed by atoms with Gasteiger partial charge in [-0.2, -0.15) is 0 Å². The Hall–Kier alpha value is -2.05. The first kappa shape index (κ1) is 16.3. The fraction of sp³-hybridized carbons (Fsp3) is 0.214. The summed E-state index contributed by atoms with van der Waals surface area (Å²) in [6, 6.07) is 6.37. The normalized spacial score (nSPS) is 10.5. The Morgan fingerprint density at radius 3 is 2.55 bits per heavy atom. The number of carbonyl (C=O) groups is 1. The Morgan fingerprint density at radius 2 is 2.00 bits per heavy atom. The van der Waals surface area contributed by atoms with Crippen molar-refractivity contribution in [1.82, 2.24) is 9.47 Å². The van der Waals surface area contributed by atoms with Crippen molar-refractivity contribution in [3.63, 3.8) is 0 Å². The molecule has 1 aromatic heterocycles. The lowest BCUT2D eigenvalue weighted by atomic mass is 10.2. The summed E-state index contributed by atoms with van der Waals surface area (Å²) in [5.41, 5.74) is 0.942. The minimum absolute atomic E-state index is 0.117. The van der Waals surface area contributed by atoms with Crippen molar-refractivity contribution < 1.29 is 9.72 Å². The molecule has 0 spiro atoms. The maximum atomic E-state index is 12.4. The van der Waals surface area contributed by atoms with Crippen LogP contribution in [-0.2, 0) is 13.6 Å². The highest BCUT2D eigenvalue weighted by atomic mass is 35.5.